The Morgan fingerprint density at radius 1 is 1.16 bits per heavy atom. The zero-order valence-corrected chi connectivity index (χ0v) is 25.6. The number of ether oxygens (including phenoxy) is 1. The average Bonchev–Trinajstić information content (AvgIpc) is 3.26. The van der Waals surface area contributed by atoms with Crippen LogP contribution in [-0.4, -0.2) is 60.2 Å². The second-order valence-electron chi connectivity index (χ2n) is 12.9. The number of nitrogens with zero attached hydrogens (tertiary/aromatic N) is 5. The summed E-state index contributed by atoms with van der Waals surface area (Å²) in [6, 6.07) is 4.54. The van der Waals surface area contributed by atoms with E-state index < -0.39 is 33.7 Å². The third kappa shape index (κ3) is 6.18. The molecule has 11 nitrogen and oxygen atoms in total. The van der Waals surface area contributed by atoms with Crippen molar-refractivity contribution in [3.63, 3.8) is 0 Å². The minimum Gasteiger partial charge on any atom is -0.358 e. The van der Waals surface area contributed by atoms with E-state index in [4.69, 9.17) is 9.72 Å². The summed E-state index contributed by atoms with van der Waals surface area (Å²) in [5, 5.41) is 5.57. The van der Waals surface area contributed by atoms with Crippen LogP contribution in [0, 0.1) is 11.3 Å². The molecule has 6 rings (SSSR count). The number of anilines is 2. The lowest BCUT2D eigenvalue weighted by Gasteiger charge is -2.34. The van der Waals surface area contributed by atoms with Crippen molar-refractivity contribution in [1.82, 2.24) is 24.9 Å². The van der Waals surface area contributed by atoms with Crippen LogP contribution in [0.2, 0.25) is 0 Å². The Hall–Kier alpha value is -3.17. The normalized spacial score (nSPS) is 25.7. The summed E-state index contributed by atoms with van der Waals surface area (Å²) in [7, 11) is -4.22. The number of alkyl halides is 3. The van der Waals surface area contributed by atoms with Gasteiger partial charge in [0.05, 0.1) is 11.0 Å². The number of fused-ring (bicyclic) bond motifs is 6. The second-order valence-corrected chi connectivity index (χ2v) is 14.5. The Labute approximate surface area is 254 Å². The monoisotopic (exact) mass is 637 g/mol. The summed E-state index contributed by atoms with van der Waals surface area (Å²) in [4.78, 5) is 20.4. The number of hydrazine groups is 1. The fourth-order valence-electron chi connectivity index (χ4n) is 6.53. The molecule has 2 aromatic heterocycles. The van der Waals surface area contributed by atoms with Gasteiger partial charge in [0.1, 0.15) is 17.9 Å². The molecule has 1 saturated carbocycles. The number of nitrogens with one attached hydrogen (secondary N) is 2. The van der Waals surface area contributed by atoms with Gasteiger partial charge in [-0.1, -0.05) is 6.42 Å². The summed E-state index contributed by atoms with van der Waals surface area (Å²) >= 11 is 0. The molecule has 44 heavy (non-hydrogen) atoms. The van der Waals surface area contributed by atoms with Crippen molar-refractivity contribution in [1.29, 1.82) is 0 Å². The molecular formula is C29H38F3N7O4S. The average molecular weight is 638 g/mol. The number of pyridine rings is 1. The molecule has 4 bridgehead atoms. The number of hydrogen-bond acceptors (Lipinski definition) is 9. The minimum absolute atomic E-state index is 0.0509. The summed E-state index contributed by atoms with van der Waals surface area (Å²) in [6.07, 6.45) is 4.70. The van der Waals surface area contributed by atoms with E-state index in [-0.39, 0.29) is 42.0 Å². The standard InChI is InChI=1S/C29H38F3N7O4S/c1-27(2)18-20-6-3-4-14-37-15-10-24(35-37)44(41,42)36-26(40)21-7-8-22(33-25(21)38(27)19-20)39-16-9-23(34-39)43-17-5-11-28(12-13-28)29(30,31)32/h7-10,15-16,20,23,34H,3-6,11-14,17-19H2,1-2H3,(H,36,40). The van der Waals surface area contributed by atoms with Crippen LogP contribution in [-0.2, 0) is 21.3 Å². The van der Waals surface area contributed by atoms with Gasteiger partial charge in [0, 0.05) is 37.6 Å². The molecule has 0 radical (unpaired) electrons. The summed E-state index contributed by atoms with van der Waals surface area (Å²) < 4.78 is 75.3. The van der Waals surface area contributed by atoms with Crippen LogP contribution in [0.3, 0.4) is 0 Å². The predicted molar refractivity (Wildman–Crippen MR) is 156 cm³/mol. The van der Waals surface area contributed by atoms with Gasteiger partial charge in [-0.25, -0.2) is 9.71 Å². The zero-order chi connectivity index (χ0) is 31.3. The predicted octanol–water partition coefficient (Wildman–Crippen LogP) is 4.49. The lowest BCUT2D eigenvalue weighted by Crippen LogP contribution is -2.42. The van der Waals surface area contributed by atoms with Gasteiger partial charge < -0.3 is 9.64 Å². The molecule has 240 valence electrons. The highest BCUT2D eigenvalue weighted by Gasteiger charge is 2.62. The fourth-order valence-corrected chi connectivity index (χ4v) is 7.44. The van der Waals surface area contributed by atoms with E-state index in [9.17, 15) is 26.4 Å². The van der Waals surface area contributed by atoms with Crippen LogP contribution in [0.5, 0.6) is 0 Å². The van der Waals surface area contributed by atoms with Crippen LogP contribution < -0.4 is 20.1 Å². The van der Waals surface area contributed by atoms with E-state index in [0.29, 0.717) is 37.1 Å². The van der Waals surface area contributed by atoms with E-state index in [1.54, 1.807) is 40.3 Å². The maximum atomic E-state index is 13.5. The molecule has 4 aliphatic rings. The highest BCUT2D eigenvalue weighted by atomic mass is 32.2. The number of aromatic nitrogens is 3. The van der Waals surface area contributed by atoms with Gasteiger partial charge in [-0.05, 0) is 89.0 Å². The number of sulfonamides is 1. The van der Waals surface area contributed by atoms with Gasteiger partial charge in [-0.2, -0.15) is 32.1 Å². The first-order valence-corrected chi connectivity index (χ1v) is 16.6. The molecule has 0 aromatic carbocycles. The maximum absolute atomic E-state index is 13.5. The fraction of sp³-hybridized carbons (Fsp3) is 0.621. The lowest BCUT2D eigenvalue weighted by atomic mass is 9.93. The molecule has 15 heteroatoms. The quantitative estimate of drug-likeness (QED) is 0.442. The molecule has 1 saturated heterocycles. The van der Waals surface area contributed by atoms with Crippen molar-refractivity contribution in [2.75, 3.05) is 23.1 Å². The molecule has 2 N–H and O–H groups in total. The van der Waals surface area contributed by atoms with Crippen molar-refractivity contribution in [2.24, 2.45) is 11.3 Å². The first kappa shape index (κ1) is 30.8. The first-order valence-electron chi connectivity index (χ1n) is 15.1. The van der Waals surface area contributed by atoms with E-state index in [2.05, 4.69) is 34.0 Å². The highest BCUT2D eigenvalue weighted by molar-refractivity contribution is 7.90. The Balaban J connectivity index is 1.20. The van der Waals surface area contributed by atoms with Gasteiger partial charge in [0.15, 0.2) is 5.03 Å². The number of carbonyl (C=O) groups is 1. The number of amides is 1. The van der Waals surface area contributed by atoms with Crippen molar-refractivity contribution in [3.8, 4) is 0 Å². The molecule has 2 unspecified atom stereocenters. The molecule has 3 aliphatic heterocycles. The molecule has 0 spiro atoms. The molecule has 2 atom stereocenters. The third-order valence-electron chi connectivity index (χ3n) is 9.16. The van der Waals surface area contributed by atoms with Gasteiger partial charge in [-0.3, -0.25) is 14.5 Å². The zero-order valence-electron chi connectivity index (χ0n) is 24.8. The molecule has 2 aromatic rings. The van der Waals surface area contributed by atoms with E-state index >= 15 is 0 Å². The van der Waals surface area contributed by atoms with Crippen LogP contribution in [0.1, 0.15) is 75.6 Å². The topological polar surface area (TPSA) is 122 Å². The Morgan fingerprint density at radius 2 is 1.95 bits per heavy atom. The minimum atomic E-state index is -4.22. The number of hydrogen-bond donors (Lipinski definition) is 2. The van der Waals surface area contributed by atoms with E-state index in [0.717, 1.165) is 25.7 Å². The molecule has 1 aliphatic carbocycles. The number of halogens is 3. The van der Waals surface area contributed by atoms with Gasteiger partial charge in [0.25, 0.3) is 15.9 Å². The summed E-state index contributed by atoms with van der Waals surface area (Å²) in [6.45, 7) is 5.60. The lowest BCUT2D eigenvalue weighted by molar-refractivity contribution is -0.189. The summed E-state index contributed by atoms with van der Waals surface area (Å²) in [5.74, 6) is 0.375. The van der Waals surface area contributed by atoms with Crippen molar-refractivity contribution < 1.29 is 31.1 Å². The Bertz CT molecular complexity index is 1540. The SMILES string of the molecule is CC1(C)CC2CCCCn3ccc(n3)S(=O)(=O)NC(=O)c3ccc(N4C=CC(OCCCC5(C(F)(F)F)CC5)N4)nc3N1C2. The van der Waals surface area contributed by atoms with Crippen LogP contribution >= 0.6 is 0 Å². The molecule has 1 amide bonds. The first-order chi connectivity index (χ1) is 20.8. The summed E-state index contributed by atoms with van der Waals surface area (Å²) in [5.41, 5.74) is 1.36. The largest absolute Gasteiger partial charge is 0.394 e. The Kier molecular flexibility index (Phi) is 7.94. The highest BCUT2D eigenvalue weighted by Crippen LogP contribution is 2.60. The third-order valence-corrected chi connectivity index (χ3v) is 10.4. The number of carbonyl (C=O) groups excluding carboxylic acids is 1. The smallest absolute Gasteiger partial charge is 0.358 e. The van der Waals surface area contributed by atoms with Gasteiger partial charge in [-0.15, -0.1) is 0 Å². The van der Waals surface area contributed by atoms with Crippen LogP contribution in [0.4, 0.5) is 24.8 Å². The van der Waals surface area contributed by atoms with Crippen molar-refractivity contribution in [2.45, 2.75) is 94.7 Å². The van der Waals surface area contributed by atoms with Gasteiger partial charge in [0.2, 0.25) is 0 Å². The van der Waals surface area contributed by atoms with Gasteiger partial charge >= 0.3 is 6.18 Å². The van der Waals surface area contributed by atoms with Crippen LogP contribution in [0.25, 0.3) is 0 Å². The van der Waals surface area contributed by atoms with E-state index in [1.165, 1.54) is 6.07 Å². The van der Waals surface area contributed by atoms with E-state index in [1.807, 2.05) is 0 Å². The molecule has 2 fully saturated rings. The molecular weight excluding hydrogens is 599 g/mol. The second kappa shape index (κ2) is 11.3. The molecule has 5 heterocycles. The number of aryl methyl sites for hydroxylation is 1. The number of rotatable bonds is 6. The van der Waals surface area contributed by atoms with Crippen LogP contribution in [0.15, 0.2) is 41.7 Å². The van der Waals surface area contributed by atoms with Crippen molar-refractivity contribution >= 4 is 27.6 Å². The maximum Gasteiger partial charge on any atom is 0.394 e. The van der Waals surface area contributed by atoms with Crippen molar-refractivity contribution in [3.05, 3.63) is 42.2 Å². The Morgan fingerprint density at radius 3 is 2.70 bits per heavy atom.